The van der Waals surface area contributed by atoms with Crippen molar-refractivity contribution >= 4 is 0 Å². The van der Waals surface area contributed by atoms with Crippen LogP contribution in [0.5, 0.6) is 0 Å². The van der Waals surface area contributed by atoms with E-state index in [1.54, 1.807) is 25.7 Å². The quantitative estimate of drug-likeness (QED) is 0.477. The summed E-state index contributed by atoms with van der Waals surface area (Å²) in [7, 11) is 0. The molecule has 0 aromatic carbocycles. The molecule has 10 heavy (non-hydrogen) atoms. The zero-order chi connectivity index (χ0) is 6.29. The lowest BCUT2D eigenvalue weighted by atomic mass is 9.82. The normalized spacial score (nSPS) is 74.4. The van der Waals surface area contributed by atoms with Gasteiger partial charge in [-0.05, 0) is 48.3 Å². The number of rotatable bonds is 0. The van der Waals surface area contributed by atoms with Gasteiger partial charge in [0.1, 0.15) is 0 Å². The summed E-state index contributed by atoms with van der Waals surface area (Å²) in [6.07, 6.45) is 6.34. The summed E-state index contributed by atoms with van der Waals surface area (Å²) < 4.78 is 0. The van der Waals surface area contributed by atoms with Crippen LogP contribution in [0.1, 0.15) is 25.7 Å². The first-order valence-electron chi connectivity index (χ1n) is 4.98. The zero-order valence-corrected chi connectivity index (χ0v) is 6.29. The van der Waals surface area contributed by atoms with Crippen LogP contribution in [0, 0.1) is 35.5 Å². The lowest BCUT2D eigenvalue weighted by molar-refractivity contribution is 0.270. The maximum Gasteiger partial charge on any atom is -0.0312 e. The molecule has 5 aliphatic carbocycles. The molecule has 0 N–H and O–H groups in total. The monoisotopic (exact) mass is 134 g/mol. The van der Waals surface area contributed by atoms with E-state index >= 15 is 0 Å². The molecular formula is C10H14. The Kier molecular flexibility index (Phi) is 0.570. The van der Waals surface area contributed by atoms with Crippen LogP contribution in [-0.4, -0.2) is 0 Å². The largest absolute Gasteiger partial charge is 0.0530 e. The Balaban J connectivity index is 1.74. The second-order valence-corrected chi connectivity index (χ2v) is 4.92. The molecular weight excluding hydrogens is 120 g/mol. The zero-order valence-electron chi connectivity index (χ0n) is 6.29. The molecule has 0 heterocycles. The Labute approximate surface area is 62.0 Å². The van der Waals surface area contributed by atoms with Crippen molar-refractivity contribution in [2.45, 2.75) is 25.7 Å². The number of hydrogen-bond donors (Lipinski definition) is 0. The molecule has 5 saturated carbocycles. The molecule has 0 nitrogen and oxygen atoms in total. The fraction of sp³-hybridized carbons (Fsp3) is 1.00. The van der Waals surface area contributed by atoms with Gasteiger partial charge in [0, 0.05) is 0 Å². The topological polar surface area (TPSA) is 0 Å². The highest BCUT2D eigenvalue weighted by Gasteiger charge is 2.83. The molecule has 5 rings (SSSR count). The van der Waals surface area contributed by atoms with Gasteiger partial charge < -0.3 is 0 Å². The molecule has 0 aliphatic heterocycles. The van der Waals surface area contributed by atoms with Crippen molar-refractivity contribution in [3.05, 3.63) is 0 Å². The smallest absolute Gasteiger partial charge is 0.0312 e. The van der Waals surface area contributed by atoms with Gasteiger partial charge in [0.05, 0.1) is 0 Å². The summed E-state index contributed by atoms with van der Waals surface area (Å²) in [5.74, 6) is 7.66. The summed E-state index contributed by atoms with van der Waals surface area (Å²) in [6, 6.07) is 0. The first-order chi connectivity index (χ1) is 4.98. The molecule has 0 aromatic rings. The molecule has 4 atom stereocenters. The van der Waals surface area contributed by atoms with Crippen LogP contribution in [0.2, 0.25) is 0 Å². The molecule has 0 amide bonds. The fourth-order valence-electron chi connectivity index (χ4n) is 4.42. The maximum absolute atomic E-state index is 1.61. The van der Waals surface area contributed by atoms with Crippen molar-refractivity contribution in [3.8, 4) is 0 Å². The minimum Gasteiger partial charge on any atom is -0.0530 e. The summed E-state index contributed by atoms with van der Waals surface area (Å²) in [6.45, 7) is 0. The van der Waals surface area contributed by atoms with Crippen LogP contribution in [0.15, 0.2) is 0 Å². The molecule has 5 fully saturated rings. The fourth-order valence-corrected chi connectivity index (χ4v) is 4.42. The lowest BCUT2D eigenvalue weighted by Gasteiger charge is -2.23. The van der Waals surface area contributed by atoms with E-state index in [0.717, 1.165) is 0 Å². The van der Waals surface area contributed by atoms with Crippen molar-refractivity contribution in [2.24, 2.45) is 35.5 Å². The number of hydrogen-bond acceptors (Lipinski definition) is 0. The third kappa shape index (κ3) is 0.320. The van der Waals surface area contributed by atoms with Gasteiger partial charge in [0.25, 0.3) is 0 Å². The summed E-state index contributed by atoms with van der Waals surface area (Å²) in [4.78, 5) is 0. The highest BCUT2D eigenvalue weighted by Crippen LogP contribution is 2.87. The Morgan fingerprint density at radius 3 is 1.60 bits per heavy atom. The second kappa shape index (κ2) is 1.19. The second-order valence-electron chi connectivity index (χ2n) is 4.92. The van der Waals surface area contributed by atoms with Crippen LogP contribution in [0.4, 0.5) is 0 Å². The van der Waals surface area contributed by atoms with Crippen molar-refractivity contribution < 1.29 is 0 Å². The van der Waals surface area contributed by atoms with E-state index in [1.807, 2.05) is 0 Å². The van der Waals surface area contributed by atoms with E-state index in [2.05, 4.69) is 0 Å². The maximum atomic E-state index is 1.61. The molecule has 5 aliphatic rings. The first-order valence-corrected chi connectivity index (χ1v) is 4.98. The molecule has 54 valence electrons. The van der Waals surface area contributed by atoms with Crippen LogP contribution in [-0.2, 0) is 0 Å². The van der Waals surface area contributed by atoms with E-state index in [-0.39, 0.29) is 0 Å². The molecule has 0 spiro atoms. The molecule has 0 aromatic heterocycles. The average Bonchev–Trinajstić information content (AvgIpc) is 2.78. The van der Waals surface area contributed by atoms with Crippen LogP contribution < -0.4 is 0 Å². The summed E-state index contributed by atoms with van der Waals surface area (Å²) >= 11 is 0. The van der Waals surface area contributed by atoms with Crippen molar-refractivity contribution in [1.29, 1.82) is 0 Å². The Hall–Kier alpha value is 0. The molecule has 0 radical (unpaired) electrons. The van der Waals surface area contributed by atoms with Gasteiger partial charge in [-0.3, -0.25) is 0 Å². The van der Waals surface area contributed by atoms with Crippen LogP contribution >= 0.6 is 0 Å². The SMILES string of the molecule is C1CC[C@H]2C3C4C3C4[C@H]2C1. The van der Waals surface area contributed by atoms with E-state index in [0.29, 0.717) is 0 Å². The van der Waals surface area contributed by atoms with E-state index in [4.69, 9.17) is 0 Å². The van der Waals surface area contributed by atoms with Crippen LogP contribution in [0.3, 0.4) is 0 Å². The van der Waals surface area contributed by atoms with Crippen molar-refractivity contribution in [3.63, 3.8) is 0 Å². The Bertz CT molecular complexity index is 166. The van der Waals surface area contributed by atoms with Gasteiger partial charge in [-0.25, -0.2) is 0 Å². The summed E-state index contributed by atoms with van der Waals surface area (Å²) in [5, 5.41) is 0. The predicted molar refractivity (Wildman–Crippen MR) is 39.4 cm³/mol. The van der Waals surface area contributed by atoms with E-state index < -0.39 is 0 Å². The van der Waals surface area contributed by atoms with Gasteiger partial charge in [-0.15, -0.1) is 0 Å². The van der Waals surface area contributed by atoms with E-state index in [9.17, 15) is 0 Å². The predicted octanol–water partition coefficient (Wildman–Crippen LogP) is 2.30. The first kappa shape index (κ1) is 4.79. The van der Waals surface area contributed by atoms with Gasteiger partial charge >= 0.3 is 0 Å². The van der Waals surface area contributed by atoms with Gasteiger partial charge in [0.15, 0.2) is 0 Å². The van der Waals surface area contributed by atoms with Gasteiger partial charge in [0.2, 0.25) is 0 Å². The standard InChI is InChI=1S/C10H14/c1-2-4-6-5(3-1)7-9-8(6)10(7)9/h5-10H,1-4H2/t5-,6+,7?,8?,9?,10?. The molecule has 2 unspecified atom stereocenters. The highest BCUT2D eigenvalue weighted by atomic mass is 14.9. The van der Waals surface area contributed by atoms with Gasteiger partial charge in [-0.2, -0.15) is 0 Å². The highest BCUT2D eigenvalue weighted by molar-refractivity contribution is 5.30. The van der Waals surface area contributed by atoms with Gasteiger partial charge in [-0.1, -0.05) is 12.8 Å². The third-order valence-corrected chi connectivity index (χ3v) is 4.80. The minimum absolute atomic E-state index is 1.24. The van der Waals surface area contributed by atoms with E-state index in [1.165, 1.54) is 35.5 Å². The minimum atomic E-state index is 1.24. The van der Waals surface area contributed by atoms with Crippen LogP contribution in [0.25, 0.3) is 0 Å². The van der Waals surface area contributed by atoms with Crippen molar-refractivity contribution in [1.82, 2.24) is 0 Å². The average molecular weight is 134 g/mol. The van der Waals surface area contributed by atoms with Crippen molar-refractivity contribution in [2.75, 3.05) is 0 Å². The molecule has 2 bridgehead atoms. The third-order valence-electron chi connectivity index (χ3n) is 4.80. The summed E-state index contributed by atoms with van der Waals surface area (Å²) in [5.41, 5.74) is 0. The Morgan fingerprint density at radius 1 is 0.600 bits per heavy atom. The Morgan fingerprint density at radius 2 is 1.10 bits per heavy atom. The molecule has 0 saturated heterocycles. The lowest BCUT2D eigenvalue weighted by Crippen LogP contribution is -2.13. The molecule has 0 heteroatoms.